The van der Waals surface area contributed by atoms with Gasteiger partial charge < -0.3 is 4.90 Å². The molecule has 0 atom stereocenters. The zero-order valence-corrected chi connectivity index (χ0v) is 12.3. The van der Waals surface area contributed by atoms with Crippen molar-refractivity contribution in [2.24, 2.45) is 0 Å². The summed E-state index contributed by atoms with van der Waals surface area (Å²) < 4.78 is 1.22. The lowest BCUT2D eigenvalue weighted by Crippen LogP contribution is -2.35. The molecule has 1 amide bonds. The maximum Gasteiger partial charge on any atom is 0.282 e. The fourth-order valence-electron chi connectivity index (χ4n) is 2.11. The van der Waals surface area contributed by atoms with Gasteiger partial charge in [-0.2, -0.15) is 0 Å². The number of thioether (sulfide) groups is 1. The first kappa shape index (κ1) is 12.9. The molecule has 4 nitrogen and oxygen atoms in total. The Bertz CT molecular complexity index is 565. The minimum absolute atomic E-state index is 0.191. The van der Waals surface area contributed by atoms with E-state index in [0.29, 0.717) is 6.67 Å². The number of para-hydroxylation sites is 1. The van der Waals surface area contributed by atoms with Crippen LogP contribution >= 0.6 is 23.1 Å². The van der Waals surface area contributed by atoms with E-state index in [-0.39, 0.29) is 5.24 Å². The van der Waals surface area contributed by atoms with Crippen molar-refractivity contribution >= 4 is 38.6 Å². The van der Waals surface area contributed by atoms with E-state index in [2.05, 4.69) is 16.0 Å². The maximum absolute atomic E-state index is 11.6. The van der Waals surface area contributed by atoms with Gasteiger partial charge in [-0.1, -0.05) is 23.9 Å². The molecule has 1 saturated heterocycles. The number of carbonyl (C=O) groups excluding carboxylic acids is 1. The summed E-state index contributed by atoms with van der Waals surface area (Å²) in [6.45, 7) is 2.32. The van der Waals surface area contributed by atoms with Gasteiger partial charge in [0, 0.05) is 12.3 Å². The molecule has 0 aliphatic carbocycles. The van der Waals surface area contributed by atoms with Crippen LogP contribution in [0.25, 0.3) is 10.2 Å². The summed E-state index contributed by atoms with van der Waals surface area (Å²) in [6.07, 6.45) is 0. The Morgan fingerprint density at radius 1 is 1.42 bits per heavy atom. The summed E-state index contributed by atoms with van der Waals surface area (Å²) in [5.74, 6) is 0.911. The molecule has 100 valence electrons. The second-order valence-electron chi connectivity index (χ2n) is 4.61. The Morgan fingerprint density at radius 3 is 3.00 bits per heavy atom. The van der Waals surface area contributed by atoms with E-state index in [9.17, 15) is 4.79 Å². The highest BCUT2D eigenvalue weighted by Gasteiger charge is 2.22. The highest BCUT2D eigenvalue weighted by atomic mass is 32.2. The van der Waals surface area contributed by atoms with Crippen LogP contribution in [0, 0.1) is 0 Å². The van der Waals surface area contributed by atoms with Crippen LogP contribution in [0.4, 0.5) is 4.79 Å². The Labute approximate surface area is 120 Å². The number of hydrogen-bond donors (Lipinski definition) is 0. The number of benzene rings is 1. The predicted molar refractivity (Wildman–Crippen MR) is 80.5 cm³/mol. The van der Waals surface area contributed by atoms with Crippen molar-refractivity contribution in [2.45, 2.75) is 6.54 Å². The Morgan fingerprint density at radius 2 is 2.26 bits per heavy atom. The second-order valence-corrected chi connectivity index (χ2v) is 6.77. The molecule has 2 aromatic rings. The number of carbonyl (C=O) groups is 1. The smallest absolute Gasteiger partial charge is 0.282 e. The Kier molecular flexibility index (Phi) is 3.72. The molecule has 19 heavy (non-hydrogen) atoms. The molecule has 1 aliphatic heterocycles. The molecule has 3 rings (SSSR count). The molecule has 2 heterocycles. The van der Waals surface area contributed by atoms with Crippen molar-refractivity contribution in [3.05, 3.63) is 29.3 Å². The molecule has 0 radical (unpaired) electrons. The van der Waals surface area contributed by atoms with Gasteiger partial charge in [-0.25, -0.2) is 4.98 Å². The molecule has 1 aromatic carbocycles. The standard InChI is InChI=1S/C13H15N3OS2/c1-15(9-16-6-7-18-13(16)17)8-12-14-10-4-2-3-5-11(10)19-12/h2-5H,6-9H2,1H3. The number of thiazole rings is 1. The van der Waals surface area contributed by atoms with Crippen LogP contribution in [0.3, 0.4) is 0 Å². The molecule has 1 aliphatic rings. The quantitative estimate of drug-likeness (QED) is 0.868. The molecule has 1 aromatic heterocycles. The largest absolute Gasteiger partial charge is 0.320 e. The highest BCUT2D eigenvalue weighted by molar-refractivity contribution is 8.13. The maximum atomic E-state index is 11.6. The molecule has 1 fully saturated rings. The molecule has 0 unspecified atom stereocenters. The van der Waals surface area contributed by atoms with Gasteiger partial charge in [0.05, 0.1) is 23.4 Å². The Balaban J connectivity index is 1.65. The van der Waals surface area contributed by atoms with E-state index in [1.807, 2.05) is 30.1 Å². The second kappa shape index (κ2) is 5.48. The van der Waals surface area contributed by atoms with Crippen molar-refractivity contribution in [2.75, 3.05) is 26.0 Å². The van der Waals surface area contributed by atoms with Gasteiger partial charge in [0.2, 0.25) is 0 Å². The summed E-state index contributed by atoms with van der Waals surface area (Å²) in [5.41, 5.74) is 1.06. The first-order valence-corrected chi connectivity index (χ1v) is 7.97. The molecular formula is C13H15N3OS2. The fourth-order valence-corrected chi connectivity index (χ4v) is 3.98. The van der Waals surface area contributed by atoms with Crippen molar-refractivity contribution in [3.63, 3.8) is 0 Å². The van der Waals surface area contributed by atoms with Crippen LogP contribution in [-0.2, 0) is 6.54 Å². The average Bonchev–Trinajstić information content (AvgIpc) is 2.95. The predicted octanol–water partition coefficient (Wildman–Crippen LogP) is 2.85. The average molecular weight is 293 g/mol. The third kappa shape index (κ3) is 2.91. The minimum atomic E-state index is 0.191. The first-order valence-electron chi connectivity index (χ1n) is 6.17. The van der Waals surface area contributed by atoms with E-state index in [0.717, 1.165) is 29.4 Å². The number of nitrogens with zero attached hydrogens (tertiary/aromatic N) is 3. The molecule has 6 heteroatoms. The lowest BCUT2D eigenvalue weighted by molar-refractivity contribution is 0.178. The lowest BCUT2D eigenvalue weighted by Gasteiger charge is -2.22. The molecule has 0 bridgehead atoms. The molecule has 0 spiro atoms. The van der Waals surface area contributed by atoms with E-state index < -0.39 is 0 Å². The summed E-state index contributed by atoms with van der Waals surface area (Å²) in [4.78, 5) is 20.2. The van der Waals surface area contributed by atoms with Crippen molar-refractivity contribution in [1.29, 1.82) is 0 Å². The van der Waals surface area contributed by atoms with Crippen LogP contribution < -0.4 is 0 Å². The van der Waals surface area contributed by atoms with Gasteiger partial charge in [0.1, 0.15) is 5.01 Å². The molecular weight excluding hydrogens is 278 g/mol. The monoisotopic (exact) mass is 293 g/mol. The number of aromatic nitrogens is 1. The van der Waals surface area contributed by atoms with Gasteiger partial charge in [-0.05, 0) is 19.2 Å². The number of amides is 1. The van der Waals surface area contributed by atoms with E-state index in [1.54, 1.807) is 11.3 Å². The summed E-state index contributed by atoms with van der Waals surface area (Å²) in [5, 5.41) is 1.29. The van der Waals surface area contributed by atoms with Crippen molar-refractivity contribution in [1.82, 2.24) is 14.8 Å². The highest BCUT2D eigenvalue weighted by Crippen LogP contribution is 2.23. The van der Waals surface area contributed by atoms with Crippen molar-refractivity contribution < 1.29 is 4.79 Å². The van der Waals surface area contributed by atoms with E-state index in [4.69, 9.17) is 0 Å². The SMILES string of the molecule is CN(Cc1nc2ccccc2s1)CN1CCSC1=O. The van der Waals surface area contributed by atoms with Crippen LogP contribution in [0.15, 0.2) is 24.3 Å². The summed E-state index contributed by atoms with van der Waals surface area (Å²) in [6, 6.07) is 8.18. The van der Waals surface area contributed by atoms with Gasteiger partial charge in [0.25, 0.3) is 5.24 Å². The zero-order chi connectivity index (χ0) is 13.2. The van der Waals surface area contributed by atoms with Gasteiger partial charge >= 0.3 is 0 Å². The minimum Gasteiger partial charge on any atom is -0.320 e. The number of rotatable bonds is 4. The first-order chi connectivity index (χ1) is 9.22. The van der Waals surface area contributed by atoms with Gasteiger partial charge in [0.15, 0.2) is 0 Å². The topological polar surface area (TPSA) is 36.4 Å². The Hall–Kier alpha value is -1.11. The molecule has 0 saturated carbocycles. The fraction of sp³-hybridized carbons (Fsp3) is 0.385. The van der Waals surface area contributed by atoms with E-state index in [1.165, 1.54) is 16.5 Å². The summed E-state index contributed by atoms with van der Waals surface area (Å²) in [7, 11) is 2.03. The van der Waals surface area contributed by atoms with E-state index >= 15 is 0 Å². The zero-order valence-electron chi connectivity index (χ0n) is 10.7. The van der Waals surface area contributed by atoms with Crippen LogP contribution in [-0.4, -0.2) is 46.0 Å². The normalized spacial score (nSPS) is 15.9. The molecule has 0 N–H and O–H groups in total. The summed E-state index contributed by atoms with van der Waals surface area (Å²) >= 11 is 3.13. The van der Waals surface area contributed by atoms with Crippen LogP contribution in [0.1, 0.15) is 5.01 Å². The van der Waals surface area contributed by atoms with Crippen LogP contribution in [0.5, 0.6) is 0 Å². The van der Waals surface area contributed by atoms with Crippen LogP contribution in [0.2, 0.25) is 0 Å². The van der Waals surface area contributed by atoms with Crippen molar-refractivity contribution in [3.8, 4) is 0 Å². The number of hydrogen-bond acceptors (Lipinski definition) is 5. The van der Waals surface area contributed by atoms with Gasteiger partial charge in [-0.3, -0.25) is 9.69 Å². The number of fused-ring (bicyclic) bond motifs is 1. The lowest BCUT2D eigenvalue weighted by atomic mass is 10.3. The third-order valence-electron chi connectivity index (χ3n) is 3.00. The third-order valence-corrected chi connectivity index (χ3v) is 4.91. The van der Waals surface area contributed by atoms with Gasteiger partial charge in [-0.15, -0.1) is 11.3 Å².